The molecule has 0 saturated carbocycles. The Morgan fingerprint density at radius 3 is 2.94 bits per heavy atom. The van der Waals surface area contributed by atoms with Gasteiger partial charge in [0, 0.05) is 24.5 Å². The second-order valence-corrected chi connectivity index (χ2v) is 10.1. The number of fused-ring (bicyclic) bond motifs is 1. The molecule has 2 aromatic rings. The summed E-state index contributed by atoms with van der Waals surface area (Å²) < 4.78 is 5.49. The second-order valence-electron chi connectivity index (χ2n) is 10.1. The smallest absolute Gasteiger partial charge is 0.257 e. The van der Waals surface area contributed by atoms with Crippen molar-refractivity contribution in [2.45, 2.75) is 71.4 Å². The van der Waals surface area contributed by atoms with Crippen LogP contribution in [0.15, 0.2) is 28.9 Å². The van der Waals surface area contributed by atoms with E-state index in [1.807, 2.05) is 12.1 Å². The molecule has 0 bridgehead atoms. The number of furan rings is 1. The van der Waals surface area contributed by atoms with Gasteiger partial charge in [0.25, 0.3) is 5.91 Å². The minimum Gasteiger partial charge on any atom is -0.467 e. The van der Waals surface area contributed by atoms with Crippen LogP contribution in [0.1, 0.15) is 74.3 Å². The lowest BCUT2D eigenvalue weighted by Gasteiger charge is -2.36. The Morgan fingerprint density at radius 2 is 2.26 bits per heavy atom. The highest BCUT2D eigenvalue weighted by Crippen LogP contribution is 2.39. The van der Waals surface area contributed by atoms with Gasteiger partial charge in [-0.1, -0.05) is 27.7 Å². The number of carbonyl (C=O) groups excluding carboxylic acids is 1. The number of nitrogens with one attached hydrogen (secondary N) is 2. The monoisotopic (exact) mass is 424 g/mol. The Morgan fingerprint density at radius 1 is 1.42 bits per heavy atom. The van der Waals surface area contributed by atoms with Gasteiger partial charge >= 0.3 is 0 Å². The fourth-order valence-corrected chi connectivity index (χ4v) is 4.82. The fraction of sp³-hybridized carbons (Fsp3) is 0.600. The Hall–Kier alpha value is -2.34. The average molecular weight is 425 g/mol. The van der Waals surface area contributed by atoms with Gasteiger partial charge in [0.1, 0.15) is 11.6 Å². The van der Waals surface area contributed by atoms with E-state index in [1.54, 1.807) is 6.26 Å². The largest absolute Gasteiger partial charge is 0.467 e. The number of carbonyl (C=O) groups is 1. The number of hydrogen-bond acceptors (Lipinski definition) is 5. The molecule has 168 valence electrons. The molecule has 0 aromatic carbocycles. The van der Waals surface area contributed by atoms with E-state index in [9.17, 15) is 4.79 Å². The minimum absolute atomic E-state index is 0.0307. The first kappa shape index (κ1) is 21.9. The number of amides is 1. The zero-order valence-electron chi connectivity index (χ0n) is 19.3. The van der Waals surface area contributed by atoms with Crippen molar-refractivity contribution in [3.63, 3.8) is 0 Å². The van der Waals surface area contributed by atoms with Crippen molar-refractivity contribution in [3.8, 4) is 0 Å². The van der Waals surface area contributed by atoms with Crippen LogP contribution in [0.5, 0.6) is 0 Å². The SMILES string of the molecule is CC(C)CN(C(=O)c1cc2c(nc1NCc1ccco1)C(C)(C)CC2)C1CCCNC1. The molecule has 4 rings (SSSR count). The summed E-state index contributed by atoms with van der Waals surface area (Å²) in [7, 11) is 0. The molecular weight excluding hydrogens is 388 g/mol. The molecule has 3 heterocycles. The Kier molecular flexibility index (Phi) is 6.37. The number of piperidine rings is 1. The van der Waals surface area contributed by atoms with Gasteiger partial charge in [-0.25, -0.2) is 4.98 Å². The molecule has 6 nitrogen and oxygen atoms in total. The summed E-state index contributed by atoms with van der Waals surface area (Å²) in [5.74, 6) is 2.00. The molecule has 1 aliphatic heterocycles. The predicted octanol–water partition coefficient (Wildman–Crippen LogP) is 4.36. The van der Waals surface area contributed by atoms with E-state index >= 15 is 0 Å². The highest BCUT2D eigenvalue weighted by Gasteiger charge is 2.35. The molecule has 31 heavy (non-hydrogen) atoms. The standard InChI is InChI=1S/C25H36N4O2/c1-17(2)16-29(19-7-5-11-26-14-19)24(30)21-13-18-9-10-25(3,4)22(18)28-23(21)27-15-20-8-6-12-31-20/h6,8,12-13,17,19,26H,5,7,9-11,14-16H2,1-4H3,(H,27,28). The topological polar surface area (TPSA) is 70.4 Å². The summed E-state index contributed by atoms with van der Waals surface area (Å²) in [5.41, 5.74) is 3.04. The summed E-state index contributed by atoms with van der Waals surface area (Å²) in [5, 5.41) is 6.88. The van der Waals surface area contributed by atoms with E-state index in [0.29, 0.717) is 23.8 Å². The third kappa shape index (κ3) is 4.79. The average Bonchev–Trinajstić information content (AvgIpc) is 3.37. The van der Waals surface area contributed by atoms with Crippen LogP contribution >= 0.6 is 0 Å². The van der Waals surface area contributed by atoms with Crippen LogP contribution in [0.25, 0.3) is 0 Å². The molecule has 2 N–H and O–H groups in total. The van der Waals surface area contributed by atoms with Gasteiger partial charge in [-0.3, -0.25) is 4.79 Å². The van der Waals surface area contributed by atoms with Gasteiger partial charge in [0.15, 0.2) is 0 Å². The molecule has 0 spiro atoms. The molecule has 2 aromatic heterocycles. The van der Waals surface area contributed by atoms with E-state index in [1.165, 1.54) is 5.56 Å². The number of pyridine rings is 1. The van der Waals surface area contributed by atoms with E-state index in [0.717, 1.165) is 56.8 Å². The summed E-state index contributed by atoms with van der Waals surface area (Å²) in [6.07, 6.45) is 5.86. The van der Waals surface area contributed by atoms with E-state index in [4.69, 9.17) is 9.40 Å². The maximum absolute atomic E-state index is 13.9. The summed E-state index contributed by atoms with van der Waals surface area (Å²) in [6, 6.07) is 6.15. The first-order chi connectivity index (χ1) is 14.8. The van der Waals surface area contributed by atoms with E-state index in [-0.39, 0.29) is 17.4 Å². The van der Waals surface area contributed by atoms with E-state index < -0.39 is 0 Å². The molecule has 1 saturated heterocycles. The minimum atomic E-state index is 0.0307. The highest BCUT2D eigenvalue weighted by molar-refractivity contribution is 5.99. The van der Waals surface area contributed by atoms with Gasteiger partial charge in [-0.15, -0.1) is 0 Å². The van der Waals surface area contributed by atoms with Crippen LogP contribution in [0, 0.1) is 5.92 Å². The summed E-state index contributed by atoms with van der Waals surface area (Å²) in [4.78, 5) is 21.0. The van der Waals surface area contributed by atoms with Crippen molar-refractivity contribution < 1.29 is 9.21 Å². The predicted molar refractivity (Wildman–Crippen MR) is 123 cm³/mol. The lowest BCUT2D eigenvalue weighted by molar-refractivity contribution is 0.0620. The van der Waals surface area contributed by atoms with Gasteiger partial charge in [-0.05, 0) is 61.9 Å². The quantitative estimate of drug-likeness (QED) is 0.691. The van der Waals surface area contributed by atoms with E-state index in [2.05, 4.69) is 49.3 Å². The maximum atomic E-state index is 13.9. The van der Waals surface area contributed by atoms with Crippen molar-refractivity contribution in [1.29, 1.82) is 0 Å². The van der Waals surface area contributed by atoms with Crippen LogP contribution in [-0.2, 0) is 18.4 Å². The Balaban J connectivity index is 1.69. The van der Waals surface area contributed by atoms with Crippen molar-refractivity contribution in [3.05, 3.63) is 47.0 Å². The normalized spacial score (nSPS) is 20.0. The molecule has 6 heteroatoms. The number of anilines is 1. The number of hydrogen-bond donors (Lipinski definition) is 2. The van der Waals surface area contributed by atoms with Crippen molar-refractivity contribution in [2.75, 3.05) is 25.0 Å². The first-order valence-electron chi connectivity index (χ1n) is 11.7. The van der Waals surface area contributed by atoms with Gasteiger partial charge in [-0.2, -0.15) is 0 Å². The van der Waals surface area contributed by atoms with Crippen molar-refractivity contribution >= 4 is 11.7 Å². The Labute approximate surface area is 185 Å². The van der Waals surface area contributed by atoms with Crippen molar-refractivity contribution in [2.24, 2.45) is 5.92 Å². The molecule has 1 atom stereocenters. The zero-order valence-corrected chi connectivity index (χ0v) is 19.3. The van der Waals surface area contributed by atoms with Crippen LogP contribution in [0.4, 0.5) is 5.82 Å². The molecular formula is C25H36N4O2. The van der Waals surface area contributed by atoms with Gasteiger partial charge < -0.3 is 20.0 Å². The number of aromatic nitrogens is 1. The molecule has 2 aliphatic rings. The number of aryl methyl sites for hydroxylation is 1. The van der Waals surface area contributed by atoms with Crippen LogP contribution in [0.3, 0.4) is 0 Å². The molecule has 1 aliphatic carbocycles. The highest BCUT2D eigenvalue weighted by atomic mass is 16.3. The third-order valence-electron chi connectivity index (χ3n) is 6.54. The molecule has 1 amide bonds. The van der Waals surface area contributed by atoms with Crippen LogP contribution in [-0.4, -0.2) is 41.5 Å². The maximum Gasteiger partial charge on any atom is 0.257 e. The molecule has 1 fully saturated rings. The van der Waals surface area contributed by atoms with Crippen LogP contribution in [0.2, 0.25) is 0 Å². The zero-order chi connectivity index (χ0) is 22.0. The lowest BCUT2D eigenvalue weighted by Crippen LogP contribution is -2.50. The number of rotatable bonds is 7. The number of nitrogens with zero attached hydrogens (tertiary/aromatic N) is 2. The fourth-order valence-electron chi connectivity index (χ4n) is 4.82. The lowest BCUT2D eigenvalue weighted by atomic mass is 9.90. The summed E-state index contributed by atoms with van der Waals surface area (Å²) in [6.45, 7) is 12.0. The van der Waals surface area contributed by atoms with Crippen molar-refractivity contribution in [1.82, 2.24) is 15.2 Å². The molecule has 1 unspecified atom stereocenters. The van der Waals surface area contributed by atoms with Gasteiger partial charge in [0.2, 0.25) is 0 Å². The van der Waals surface area contributed by atoms with Crippen LogP contribution < -0.4 is 10.6 Å². The molecule has 0 radical (unpaired) electrons. The first-order valence-corrected chi connectivity index (χ1v) is 11.7. The summed E-state index contributed by atoms with van der Waals surface area (Å²) >= 11 is 0. The Bertz CT molecular complexity index is 898. The second kappa shape index (κ2) is 9.03. The third-order valence-corrected chi connectivity index (χ3v) is 6.54. The van der Waals surface area contributed by atoms with Gasteiger partial charge in [0.05, 0.1) is 24.1 Å².